The molecule has 1 N–H and O–H groups in total. The van der Waals surface area contributed by atoms with E-state index in [0.29, 0.717) is 12.2 Å². The molecule has 1 aliphatic carbocycles. The fourth-order valence-electron chi connectivity index (χ4n) is 4.28. The van der Waals surface area contributed by atoms with Gasteiger partial charge in [0.1, 0.15) is 11.0 Å². The van der Waals surface area contributed by atoms with Gasteiger partial charge in [0.05, 0.1) is 10.4 Å². The molecule has 1 aromatic heterocycles. The highest BCUT2D eigenvalue weighted by molar-refractivity contribution is 8.01. The Bertz CT molecular complexity index is 683. The van der Waals surface area contributed by atoms with E-state index in [-0.39, 0.29) is 28.3 Å². The summed E-state index contributed by atoms with van der Waals surface area (Å²) in [6.45, 7) is 4.08. The minimum atomic E-state index is -0.339. The predicted octanol–water partition coefficient (Wildman–Crippen LogP) is 2.79. The summed E-state index contributed by atoms with van der Waals surface area (Å²) >= 11 is 3.38. The lowest BCUT2D eigenvalue weighted by Crippen LogP contribution is -2.54. The van der Waals surface area contributed by atoms with Crippen LogP contribution in [0.15, 0.2) is 5.38 Å². The highest BCUT2D eigenvalue weighted by Gasteiger charge is 2.54. The second-order valence-electron chi connectivity index (χ2n) is 7.34. The quantitative estimate of drug-likeness (QED) is 0.895. The molecular formula is C17H23N3O2S2. The SMILES string of the molecule is Cc1csc(C2(NC(=O)[C@@H]3CS[C@]4(C)CCC(=O)N34)CCCC2)n1. The highest BCUT2D eigenvalue weighted by Crippen LogP contribution is 2.48. The molecule has 0 unspecified atom stereocenters. The molecule has 3 heterocycles. The lowest BCUT2D eigenvalue weighted by molar-refractivity contribution is -0.138. The highest BCUT2D eigenvalue weighted by atomic mass is 32.2. The van der Waals surface area contributed by atoms with Crippen molar-refractivity contribution in [1.82, 2.24) is 15.2 Å². The van der Waals surface area contributed by atoms with Gasteiger partial charge in [-0.25, -0.2) is 4.98 Å². The maximum atomic E-state index is 13.1. The molecule has 1 aromatic rings. The van der Waals surface area contributed by atoms with Crippen LogP contribution in [0.5, 0.6) is 0 Å². The van der Waals surface area contributed by atoms with Crippen molar-refractivity contribution in [3.05, 3.63) is 16.1 Å². The van der Waals surface area contributed by atoms with Crippen LogP contribution in [-0.4, -0.2) is 38.4 Å². The Hall–Kier alpha value is -1.08. The second kappa shape index (κ2) is 5.73. The van der Waals surface area contributed by atoms with Crippen molar-refractivity contribution in [3.63, 3.8) is 0 Å². The van der Waals surface area contributed by atoms with Gasteiger partial charge in [0.25, 0.3) is 0 Å². The molecule has 2 aliphatic heterocycles. The zero-order valence-electron chi connectivity index (χ0n) is 14.1. The van der Waals surface area contributed by atoms with Crippen molar-refractivity contribution < 1.29 is 9.59 Å². The average molecular weight is 366 g/mol. The number of hydrogen-bond donors (Lipinski definition) is 1. The van der Waals surface area contributed by atoms with Crippen LogP contribution in [0.1, 0.15) is 56.2 Å². The van der Waals surface area contributed by atoms with Gasteiger partial charge in [0.2, 0.25) is 11.8 Å². The number of carbonyl (C=O) groups excluding carboxylic acids is 2. The monoisotopic (exact) mass is 365 g/mol. The van der Waals surface area contributed by atoms with Gasteiger partial charge < -0.3 is 10.2 Å². The fourth-order valence-corrected chi connectivity index (χ4v) is 6.72. The maximum Gasteiger partial charge on any atom is 0.244 e. The number of hydrogen-bond acceptors (Lipinski definition) is 5. The van der Waals surface area contributed by atoms with Crippen molar-refractivity contribution in [2.24, 2.45) is 0 Å². The van der Waals surface area contributed by atoms with E-state index in [9.17, 15) is 9.59 Å². The summed E-state index contributed by atoms with van der Waals surface area (Å²) in [4.78, 5) is 31.7. The molecule has 0 bridgehead atoms. The number of thiazole rings is 1. The number of aryl methyl sites for hydroxylation is 1. The van der Waals surface area contributed by atoms with E-state index in [1.807, 2.05) is 17.2 Å². The molecular weight excluding hydrogens is 342 g/mol. The first-order valence-electron chi connectivity index (χ1n) is 8.64. The van der Waals surface area contributed by atoms with Gasteiger partial charge in [-0.2, -0.15) is 0 Å². The third-order valence-electron chi connectivity index (χ3n) is 5.60. The number of rotatable bonds is 3. The van der Waals surface area contributed by atoms with Gasteiger partial charge in [-0.3, -0.25) is 9.59 Å². The molecule has 0 radical (unpaired) electrons. The minimum Gasteiger partial charge on any atom is -0.342 e. The van der Waals surface area contributed by atoms with E-state index < -0.39 is 0 Å². The Labute approximate surface area is 150 Å². The fraction of sp³-hybridized carbons (Fsp3) is 0.706. The number of aromatic nitrogens is 1. The smallest absolute Gasteiger partial charge is 0.244 e. The minimum absolute atomic E-state index is 0.00349. The van der Waals surface area contributed by atoms with E-state index in [1.54, 1.807) is 23.1 Å². The Kier molecular flexibility index (Phi) is 3.91. The van der Waals surface area contributed by atoms with Crippen LogP contribution in [0.2, 0.25) is 0 Å². The largest absolute Gasteiger partial charge is 0.342 e. The molecule has 24 heavy (non-hydrogen) atoms. The first-order valence-corrected chi connectivity index (χ1v) is 10.5. The summed E-state index contributed by atoms with van der Waals surface area (Å²) in [5, 5.41) is 6.39. The third-order valence-corrected chi connectivity index (χ3v) is 8.26. The standard InChI is InChI=1S/C17H23N3O2S2/c1-11-9-23-15(18-11)17(6-3-4-7-17)19-14(22)12-10-24-16(2)8-5-13(21)20(12)16/h9,12H,3-8,10H2,1-2H3,(H,19,22)/t12-,16+/m0/s1. The summed E-state index contributed by atoms with van der Waals surface area (Å²) in [6.07, 6.45) is 5.51. The normalized spacial score (nSPS) is 31.5. The zero-order chi connectivity index (χ0) is 16.9. The molecule has 0 aromatic carbocycles. The third kappa shape index (κ3) is 2.47. The van der Waals surface area contributed by atoms with Gasteiger partial charge in [0.15, 0.2) is 0 Å². The van der Waals surface area contributed by atoms with Gasteiger partial charge in [-0.1, -0.05) is 12.8 Å². The number of fused-ring (bicyclic) bond motifs is 1. The van der Waals surface area contributed by atoms with Crippen molar-refractivity contribution in [2.75, 3.05) is 5.75 Å². The van der Waals surface area contributed by atoms with Crippen molar-refractivity contribution in [3.8, 4) is 0 Å². The number of amides is 2. The molecule has 7 heteroatoms. The molecule has 0 spiro atoms. The average Bonchev–Trinajstić information content (AvgIpc) is 3.27. The Morgan fingerprint density at radius 2 is 2.12 bits per heavy atom. The molecule has 1 saturated carbocycles. The lowest BCUT2D eigenvalue weighted by Gasteiger charge is -2.33. The predicted molar refractivity (Wildman–Crippen MR) is 95.9 cm³/mol. The summed E-state index contributed by atoms with van der Waals surface area (Å²) in [7, 11) is 0. The van der Waals surface area contributed by atoms with Crippen LogP contribution in [0, 0.1) is 6.92 Å². The Morgan fingerprint density at radius 3 is 2.79 bits per heavy atom. The number of carbonyl (C=O) groups is 2. The van der Waals surface area contributed by atoms with Gasteiger partial charge in [-0.05, 0) is 33.1 Å². The van der Waals surface area contributed by atoms with Crippen molar-refractivity contribution in [1.29, 1.82) is 0 Å². The van der Waals surface area contributed by atoms with E-state index in [0.717, 1.165) is 42.8 Å². The second-order valence-corrected chi connectivity index (χ2v) is 9.70. The van der Waals surface area contributed by atoms with Crippen LogP contribution in [0.25, 0.3) is 0 Å². The number of nitrogens with zero attached hydrogens (tertiary/aromatic N) is 2. The van der Waals surface area contributed by atoms with Crippen LogP contribution in [-0.2, 0) is 15.1 Å². The summed E-state index contributed by atoms with van der Waals surface area (Å²) in [6, 6.07) is -0.339. The van der Waals surface area contributed by atoms with E-state index in [4.69, 9.17) is 0 Å². The molecule has 5 nitrogen and oxygen atoms in total. The lowest BCUT2D eigenvalue weighted by atomic mass is 9.97. The topological polar surface area (TPSA) is 62.3 Å². The van der Waals surface area contributed by atoms with Crippen LogP contribution in [0.3, 0.4) is 0 Å². The summed E-state index contributed by atoms with van der Waals surface area (Å²) < 4.78 is 0. The molecule has 2 saturated heterocycles. The molecule has 3 aliphatic rings. The zero-order valence-corrected chi connectivity index (χ0v) is 15.8. The number of nitrogens with one attached hydrogen (secondary N) is 1. The summed E-state index contributed by atoms with van der Waals surface area (Å²) in [5.74, 6) is 0.811. The molecule has 2 amide bonds. The van der Waals surface area contributed by atoms with Crippen LogP contribution in [0.4, 0.5) is 0 Å². The molecule has 2 atom stereocenters. The first-order chi connectivity index (χ1) is 11.4. The molecule has 3 fully saturated rings. The van der Waals surface area contributed by atoms with E-state index in [2.05, 4.69) is 17.2 Å². The van der Waals surface area contributed by atoms with E-state index >= 15 is 0 Å². The van der Waals surface area contributed by atoms with Crippen LogP contribution < -0.4 is 5.32 Å². The first kappa shape index (κ1) is 16.4. The van der Waals surface area contributed by atoms with Gasteiger partial charge >= 0.3 is 0 Å². The van der Waals surface area contributed by atoms with Crippen molar-refractivity contribution >= 4 is 34.9 Å². The maximum absolute atomic E-state index is 13.1. The molecule has 130 valence electrons. The van der Waals surface area contributed by atoms with E-state index in [1.165, 1.54) is 0 Å². The summed E-state index contributed by atoms with van der Waals surface area (Å²) in [5.41, 5.74) is 0.678. The Balaban J connectivity index is 1.57. The van der Waals surface area contributed by atoms with Gasteiger partial charge in [0, 0.05) is 23.2 Å². The van der Waals surface area contributed by atoms with Crippen LogP contribution >= 0.6 is 23.1 Å². The molecule has 4 rings (SSSR count). The number of thioether (sulfide) groups is 1. The Morgan fingerprint density at radius 1 is 1.38 bits per heavy atom. The van der Waals surface area contributed by atoms with Gasteiger partial charge in [-0.15, -0.1) is 23.1 Å². The van der Waals surface area contributed by atoms with Crippen molar-refractivity contribution in [2.45, 2.75) is 68.8 Å².